The van der Waals surface area contributed by atoms with Crippen LogP contribution in [0, 0.1) is 5.92 Å². The number of hydrogen-bond acceptors (Lipinski definition) is 4. The lowest BCUT2D eigenvalue weighted by Crippen LogP contribution is -2.57. The molecule has 190 valence electrons. The number of nitrogens with zero attached hydrogens (tertiary/aromatic N) is 1. The van der Waals surface area contributed by atoms with Gasteiger partial charge in [-0.2, -0.15) is 13.2 Å². The monoisotopic (exact) mass is 522 g/mol. The normalized spacial score (nSPS) is 23.5. The van der Waals surface area contributed by atoms with Crippen LogP contribution >= 0.6 is 11.6 Å². The summed E-state index contributed by atoms with van der Waals surface area (Å²) in [4.78, 5) is 27.4. The highest BCUT2D eigenvalue weighted by Gasteiger charge is 2.47. The number of ether oxygens (including phenoxy) is 1. The van der Waals surface area contributed by atoms with Crippen molar-refractivity contribution in [3.8, 4) is 0 Å². The number of carbonyl (C=O) groups is 2. The zero-order chi connectivity index (χ0) is 25.3. The molecule has 3 rings (SSSR count). The van der Waals surface area contributed by atoms with Crippen molar-refractivity contribution in [2.45, 2.75) is 69.1 Å². The van der Waals surface area contributed by atoms with Gasteiger partial charge in [-0.05, 0) is 57.2 Å². The maximum atomic E-state index is 13.6. The maximum absolute atomic E-state index is 13.6. The number of carbonyl (C=O) groups excluding carboxylic acids is 2. The van der Waals surface area contributed by atoms with Crippen LogP contribution in [-0.2, 0) is 25.1 Å². The van der Waals surface area contributed by atoms with E-state index in [0.717, 1.165) is 18.4 Å². The van der Waals surface area contributed by atoms with E-state index in [1.165, 1.54) is 0 Å². The third-order valence-corrected chi connectivity index (χ3v) is 8.22. The second-order valence-electron chi connectivity index (χ2n) is 9.76. The molecule has 6 nitrogen and oxygen atoms in total. The number of amides is 2. The first-order valence-corrected chi connectivity index (χ1v) is 12.9. The minimum absolute atomic E-state index is 0.0654. The van der Waals surface area contributed by atoms with Crippen molar-refractivity contribution in [2.75, 3.05) is 18.9 Å². The minimum atomic E-state index is -4.55. The molecular formula is C23H30ClF3N2O4S. The molecule has 0 bridgehead atoms. The molecule has 4 atom stereocenters. The molecular weight excluding hydrogens is 493 g/mol. The Kier molecular flexibility index (Phi) is 8.35. The fourth-order valence-corrected chi connectivity index (χ4v) is 5.30. The van der Waals surface area contributed by atoms with Crippen LogP contribution in [0.4, 0.5) is 13.2 Å². The van der Waals surface area contributed by atoms with E-state index in [1.54, 1.807) is 34.5 Å². The molecule has 34 heavy (non-hydrogen) atoms. The fourth-order valence-electron chi connectivity index (χ4n) is 3.93. The van der Waals surface area contributed by atoms with E-state index in [4.69, 9.17) is 16.3 Å². The Hall–Kier alpha value is -1.65. The SMILES string of the molecule is CC(C)(C)S(=O)CC(C1CC1)N1C(=O)C(CC(=O)NCC(F)(F)F)OCC1c1ccc(Cl)cc1. The summed E-state index contributed by atoms with van der Waals surface area (Å²) < 4.78 is 55.6. The molecule has 4 unspecified atom stereocenters. The van der Waals surface area contributed by atoms with Gasteiger partial charge in [0.1, 0.15) is 12.6 Å². The molecule has 1 aliphatic heterocycles. The number of hydrogen-bond donors (Lipinski definition) is 1. The average Bonchev–Trinajstić information content (AvgIpc) is 3.57. The van der Waals surface area contributed by atoms with Gasteiger partial charge in [0.15, 0.2) is 0 Å². The Morgan fingerprint density at radius 1 is 1.24 bits per heavy atom. The van der Waals surface area contributed by atoms with Crippen LogP contribution in [0.3, 0.4) is 0 Å². The number of halogens is 4. The van der Waals surface area contributed by atoms with Crippen molar-refractivity contribution >= 4 is 34.2 Å². The van der Waals surface area contributed by atoms with Crippen LogP contribution in [-0.4, -0.2) is 62.9 Å². The van der Waals surface area contributed by atoms with E-state index in [9.17, 15) is 27.0 Å². The van der Waals surface area contributed by atoms with E-state index in [2.05, 4.69) is 0 Å². The zero-order valence-corrected chi connectivity index (χ0v) is 20.9. The van der Waals surface area contributed by atoms with Crippen molar-refractivity contribution in [2.24, 2.45) is 5.92 Å². The summed E-state index contributed by atoms with van der Waals surface area (Å²) in [6.45, 7) is 4.21. The highest BCUT2D eigenvalue weighted by atomic mass is 35.5. The van der Waals surface area contributed by atoms with Gasteiger partial charge in [-0.15, -0.1) is 0 Å². The molecule has 1 heterocycles. The fraction of sp³-hybridized carbons (Fsp3) is 0.652. The maximum Gasteiger partial charge on any atom is 0.405 e. The van der Waals surface area contributed by atoms with Crippen molar-refractivity contribution in [3.63, 3.8) is 0 Å². The van der Waals surface area contributed by atoms with Crippen molar-refractivity contribution in [3.05, 3.63) is 34.9 Å². The molecule has 1 N–H and O–H groups in total. The Labute approximate surface area is 205 Å². The standard InChI is InChI=1S/C23H30ClF3N2O4S/c1-22(2,3)34(32)12-18(15-4-5-15)29-17(14-6-8-16(24)9-7-14)11-33-19(21(29)31)10-20(30)28-13-23(25,26)27/h6-9,15,17-19H,4-5,10-13H2,1-3H3,(H,28,30). The molecule has 1 saturated carbocycles. The molecule has 1 saturated heterocycles. The van der Waals surface area contributed by atoms with E-state index in [-0.39, 0.29) is 24.3 Å². The van der Waals surface area contributed by atoms with Gasteiger partial charge in [-0.1, -0.05) is 23.7 Å². The third kappa shape index (κ3) is 7.18. The van der Waals surface area contributed by atoms with Crippen molar-refractivity contribution in [1.82, 2.24) is 10.2 Å². The van der Waals surface area contributed by atoms with Crippen LogP contribution in [0.2, 0.25) is 5.02 Å². The second-order valence-corrected chi connectivity index (χ2v) is 12.4. The summed E-state index contributed by atoms with van der Waals surface area (Å²) in [5.74, 6) is -0.947. The van der Waals surface area contributed by atoms with E-state index in [1.807, 2.05) is 20.8 Å². The summed E-state index contributed by atoms with van der Waals surface area (Å²) in [7, 11) is -1.23. The van der Waals surface area contributed by atoms with Gasteiger partial charge in [0, 0.05) is 32.4 Å². The first-order chi connectivity index (χ1) is 15.8. The molecule has 2 amide bonds. The summed E-state index contributed by atoms with van der Waals surface area (Å²) in [5.41, 5.74) is 0.782. The molecule has 2 aliphatic rings. The topological polar surface area (TPSA) is 75.7 Å². The minimum Gasteiger partial charge on any atom is -0.365 e. The van der Waals surface area contributed by atoms with Gasteiger partial charge in [0.05, 0.1) is 19.1 Å². The van der Waals surface area contributed by atoms with Gasteiger partial charge in [0.2, 0.25) is 5.91 Å². The Bertz CT molecular complexity index is 916. The van der Waals surface area contributed by atoms with Crippen LogP contribution in [0.1, 0.15) is 51.6 Å². The Morgan fingerprint density at radius 3 is 2.38 bits per heavy atom. The van der Waals surface area contributed by atoms with E-state index >= 15 is 0 Å². The molecule has 1 aromatic carbocycles. The number of nitrogens with one attached hydrogen (secondary N) is 1. The molecule has 0 aromatic heterocycles. The van der Waals surface area contributed by atoms with Gasteiger partial charge in [-0.25, -0.2) is 0 Å². The number of morpholine rings is 1. The summed E-state index contributed by atoms with van der Waals surface area (Å²) in [5, 5.41) is 2.33. The Balaban J connectivity index is 1.86. The molecule has 1 aromatic rings. The molecule has 2 fully saturated rings. The molecule has 0 spiro atoms. The first-order valence-electron chi connectivity index (χ1n) is 11.2. The smallest absolute Gasteiger partial charge is 0.365 e. The predicted octanol–water partition coefficient (Wildman–Crippen LogP) is 4.00. The number of rotatable bonds is 8. The number of alkyl halides is 3. The zero-order valence-electron chi connectivity index (χ0n) is 19.4. The van der Waals surface area contributed by atoms with Gasteiger partial charge in [0.25, 0.3) is 5.91 Å². The van der Waals surface area contributed by atoms with Gasteiger partial charge in [-0.3, -0.25) is 13.8 Å². The predicted molar refractivity (Wildman–Crippen MR) is 124 cm³/mol. The summed E-state index contributed by atoms with van der Waals surface area (Å²) in [6.07, 6.45) is -4.49. The lowest BCUT2D eigenvalue weighted by molar-refractivity contribution is -0.167. The van der Waals surface area contributed by atoms with Gasteiger partial charge >= 0.3 is 6.18 Å². The van der Waals surface area contributed by atoms with Crippen LogP contribution in [0.15, 0.2) is 24.3 Å². The van der Waals surface area contributed by atoms with Crippen LogP contribution in [0.5, 0.6) is 0 Å². The average molecular weight is 523 g/mol. The van der Waals surface area contributed by atoms with Crippen LogP contribution in [0.25, 0.3) is 0 Å². The van der Waals surface area contributed by atoms with Crippen LogP contribution < -0.4 is 5.32 Å². The molecule has 0 radical (unpaired) electrons. The van der Waals surface area contributed by atoms with E-state index in [0.29, 0.717) is 5.02 Å². The van der Waals surface area contributed by atoms with Crippen molar-refractivity contribution in [1.29, 1.82) is 0 Å². The first kappa shape index (κ1) is 26.9. The lowest BCUT2D eigenvalue weighted by Gasteiger charge is -2.44. The summed E-state index contributed by atoms with van der Waals surface area (Å²) >= 11 is 6.02. The number of benzene rings is 1. The molecule has 1 aliphatic carbocycles. The Morgan fingerprint density at radius 2 is 1.85 bits per heavy atom. The van der Waals surface area contributed by atoms with E-state index < -0.39 is 58.6 Å². The highest BCUT2D eigenvalue weighted by molar-refractivity contribution is 7.86. The summed E-state index contributed by atoms with van der Waals surface area (Å²) in [6, 6.07) is 6.17. The largest absolute Gasteiger partial charge is 0.405 e. The van der Waals surface area contributed by atoms with Gasteiger partial charge < -0.3 is 15.0 Å². The quantitative estimate of drug-likeness (QED) is 0.560. The lowest BCUT2D eigenvalue weighted by atomic mass is 9.98. The highest BCUT2D eigenvalue weighted by Crippen LogP contribution is 2.42. The third-order valence-electron chi connectivity index (χ3n) is 5.96. The second kappa shape index (κ2) is 10.5. The molecule has 11 heteroatoms. The van der Waals surface area contributed by atoms with Crippen molar-refractivity contribution < 1.29 is 31.7 Å².